The van der Waals surface area contributed by atoms with Crippen LogP contribution in [0.15, 0.2) is 0 Å². The van der Waals surface area contributed by atoms with E-state index in [2.05, 4.69) is 0 Å². The van der Waals surface area contributed by atoms with E-state index in [1.807, 2.05) is 6.92 Å². The Bertz CT molecular complexity index is 137. The van der Waals surface area contributed by atoms with Gasteiger partial charge in [0.15, 0.2) is 0 Å². The third-order valence-electron chi connectivity index (χ3n) is 2.00. The second kappa shape index (κ2) is 10.8. The van der Waals surface area contributed by atoms with Crippen molar-refractivity contribution >= 4 is 17.6 Å². The molecule has 0 aromatic carbocycles. The number of halogens is 1. The second-order valence-corrected chi connectivity index (χ2v) is 3.81. The Labute approximate surface area is 92.0 Å². The zero-order valence-electron chi connectivity index (χ0n) is 9.06. The van der Waals surface area contributed by atoms with Crippen molar-refractivity contribution in [2.45, 2.75) is 51.9 Å². The number of ether oxygens (including phenoxy) is 1. The molecular formula is C11H21ClO2. The number of unbranched alkanes of at least 4 members (excludes halogenated alkanes) is 4. The van der Waals surface area contributed by atoms with Gasteiger partial charge in [0.05, 0.1) is 6.61 Å². The van der Waals surface area contributed by atoms with Gasteiger partial charge >= 0.3 is 5.97 Å². The van der Waals surface area contributed by atoms with Crippen LogP contribution in [-0.2, 0) is 9.53 Å². The lowest BCUT2D eigenvalue weighted by molar-refractivity contribution is -0.143. The average Bonchev–Trinajstić information content (AvgIpc) is 2.17. The number of carbonyl (C=O) groups is 1. The Morgan fingerprint density at radius 1 is 1.14 bits per heavy atom. The van der Waals surface area contributed by atoms with Crippen molar-refractivity contribution in [2.75, 3.05) is 12.5 Å². The zero-order valence-corrected chi connectivity index (χ0v) is 9.81. The van der Waals surface area contributed by atoms with Gasteiger partial charge in [0.25, 0.3) is 0 Å². The highest BCUT2D eigenvalue weighted by Gasteiger charge is 1.99. The van der Waals surface area contributed by atoms with E-state index in [0.717, 1.165) is 31.6 Å². The van der Waals surface area contributed by atoms with Crippen molar-refractivity contribution in [2.24, 2.45) is 0 Å². The molecule has 0 aromatic heterocycles. The molecule has 0 aromatic rings. The average molecular weight is 221 g/mol. The predicted molar refractivity (Wildman–Crippen MR) is 59.7 cm³/mol. The van der Waals surface area contributed by atoms with Gasteiger partial charge in [-0.15, -0.1) is 11.6 Å². The van der Waals surface area contributed by atoms with Crippen LogP contribution >= 0.6 is 11.6 Å². The highest BCUT2D eigenvalue weighted by molar-refractivity contribution is 6.17. The lowest BCUT2D eigenvalue weighted by atomic mass is 10.2. The first-order valence-electron chi connectivity index (χ1n) is 5.52. The summed E-state index contributed by atoms with van der Waals surface area (Å²) in [4.78, 5) is 10.9. The predicted octanol–water partition coefficient (Wildman–Crippen LogP) is 3.52. The van der Waals surface area contributed by atoms with Crippen molar-refractivity contribution in [3.63, 3.8) is 0 Å². The minimum Gasteiger partial charge on any atom is -0.466 e. The van der Waals surface area contributed by atoms with E-state index in [-0.39, 0.29) is 5.97 Å². The van der Waals surface area contributed by atoms with Crippen molar-refractivity contribution in [1.29, 1.82) is 0 Å². The molecule has 0 saturated carbocycles. The Kier molecular flexibility index (Phi) is 10.7. The smallest absolute Gasteiger partial charge is 0.305 e. The molecule has 0 aliphatic rings. The highest BCUT2D eigenvalue weighted by atomic mass is 35.5. The lowest BCUT2D eigenvalue weighted by Crippen LogP contribution is -2.04. The van der Waals surface area contributed by atoms with Gasteiger partial charge in [-0.1, -0.05) is 26.2 Å². The number of carbonyl (C=O) groups excluding carboxylic acids is 1. The van der Waals surface area contributed by atoms with Crippen LogP contribution in [0.2, 0.25) is 0 Å². The molecule has 0 aliphatic heterocycles. The van der Waals surface area contributed by atoms with Gasteiger partial charge in [-0.25, -0.2) is 0 Å². The molecule has 2 nitrogen and oxygen atoms in total. The van der Waals surface area contributed by atoms with E-state index >= 15 is 0 Å². The summed E-state index contributed by atoms with van der Waals surface area (Å²) in [7, 11) is 0. The maximum absolute atomic E-state index is 10.9. The molecule has 0 amide bonds. The molecule has 0 radical (unpaired) electrons. The van der Waals surface area contributed by atoms with E-state index in [1.165, 1.54) is 12.8 Å². The van der Waals surface area contributed by atoms with Crippen LogP contribution in [-0.4, -0.2) is 18.5 Å². The summed E-state index contributed by atoms with van der Waals surface area (Å²) in [6, 6.07) is 0. The summed E-state index contributed by atoms with van der Waals surface area (Å²) >= 11 is 5.55. The number of hydrogen-bond acceptors (Lipinski definition) is 2. The molecule has 0 aliphatic carbocycles. The third kappa shape index (κ3) is 9.85. The van der Waals surface area contributed by atoms with Gasteiger partial charge in [0, 0.05) is 12.3 Å². The standard InChI is InChI=1S/C11H21ClO2/c1-2-8-11(13)14-10-7-5-3-4-6-9-12/h2-10H2,1H3. The van der Waals surface area contributed by atoms with Crippen molar-refractivity contribution in [3.05, 3.63) is 0 Å². The molecule has 0 rings (SSSR count). The highest BCUT2D eigenvalue weighted by Crippen LogP contribution is 2.04. The number of rotatable bonds is 9. The second-order valence-electron chi connectivity index (χ2n) is 3.43. The van der Waals surface area contributed by atoms with Crippen LogP contribution in [0.4, 0.5) is 0 Å². The van der Waals surface area contributed by atoms with Crippen LogP contribution in [0.5, 0.6) is 0 Å². The Morgan fingerprint density at radius 3 is 2.43 bits per heavy atom. The quantitative estimate of drug-likeness (QED) is 0.338. The van der Waals surface area contributed by atoms with Gasteiger partial charge in [-0.3, -0.25) is 4.79 Å². The fourth-order valence-electron chi connectivity index (χ4n) is 1.19. The summed E-state index contributed by atoms with van der Waals surface area (Å²) in [5.41, 5.74) is 0. The van der Waals surface area contributed by atoms with E-state index in [0.29, 0.717) is 13.0 Å². The van der Waals surface area contributed by atoms with Gasteiger partial charge in [0.1, 0.15) is 0 Å². The van der Waals surface area contributed by atoms with Crippen LogP contribution in [0.1, 0.15) is 51.9 Å². The fraction of sp³-hybridized carbons (Fsp3) is 0.909. The van der Waals surface area contributed by atoms with Gasteiger partial charge in [-0.05, 0) is 19.3 Å². The minimum absolute atomic E-state index is 0.0618. The van der Waals surface area contributed by atoms with Crippen molar-refractivity contribution < 1.29 is 9.53 Å². The van der Waals surface area contributed by atoms with Crippen LogP contribution in [0.3, 0.4) is 0 Å². The monoisotopic (exact) mass is 220 g/mol. The Hall–Kier alpha value is -0.240. The maximum Gasteiger partial charge on any atom is 0.305 e. The summed E-state index contributed by atoms with van der Waals surface area (Å²) in [5.74, 6) is 0.694. The first-order chi connectivity index (χ1) is 6.81. The largest absolute Gasteiger partial charge is 0.466 e. The molecule has 0 atom stereocenters. The Morgan fingerprint density at radius 2 is 1.79 bits per heavy atom. The molecule has 0 fully saturated rings. The van der Waals surface area contributed by atoms with E-state index in [9.17, 15) is 4.79 Å². The fourth-order valence-corrected chi connectivity index (χ4v) is 1.38. The van der Waals surface area contributed by atoms with Gasteiger partial charge in [-0.2, -0.15) is 0 Å². The van der Waals surface area contributed by atoms with E-state index in [4.69, 9.17) is 16.3 Å². The van der Waals surface area contributed by atoms with Crippen LogP contribution in [0, 0.1) is 0 Å². The van der Waals surface area contributed by atoms with Crippen molar-refractivity contribution in [1.82, 2.24) is 0 Å². The Balaban J connectivity index is 3.01. The topological polar surface area (TPSA) is 26.3 Å². The van der Waals surface area contributed by atoms with Gasteiger partial charge < -0.3 is 4.74 Å². The summed E-state index contributed by atoms with van der Waals surface area (Å²) in [6.07, 6.45) is 7.01. The molecule has 0 spiro atoms. The first kappa shape index (κ1) is 13.8. The molecule has 0 bridgehead atoms. The molecule has 14 heavy (non-hydrogen) atoms. The zero-order chi connectivity index (χ0) is 10.6. The maximum atomic E-state index is 10.9. The van der Waals surface area contributed by atoms with Crippen LogP contribution in [0.25, 0.3) is 0 Å². The minimum atomic E-state index is -0.0618. The molecule has 3 heteroatoms. The molecule has 0 N–H and O–H groups in total. The number of esters is 1. The first-order valence-corrected chi connectivity index (χ1v) is 6.06. The van der Waals surface area contributed by atoms with Crippen molar-refractivity contribution in [3.8, 4) is 0 Å². The molecule has 0 saturated heterocycles. The van der Waals surface area contributed by atoms with Crippen LogP contribution < -0.4 is 0 Å². The SMILES string of the molecule is CCCC(=O)OCCCCCCCCl. The van der Waals surface area contributed by atoms with E-state index in [1.54, 1.807) is 0 Å². The molecule has 0 unspecified atom stereocenters. The summed E-state index contributed by atoms with van der Waals surface area (Å²) in [5, 5.41) is 0. The van der Waals surface area contributed by atoms with Gasteiger partial charge in [0.2, 0.25) is 0 Å². The summed E-state index contributed by atoms with van der Waals surface area (Å²) < 4.78 is 5.02. The normalized spacial score (nSPS) is 10.1. The molecule has 84 valence electrons. The molecular weight excluding hydrogens is 200 g/mol. The number of hydrogen-bond donors (Lipinski definition) is 0. The summed E-state index contributed by atoms with van der Waals surface area (Å²) in [6.45, 7) is 2.56. The van der Waals surface area contributed by atoms with E-state index < -0.39 is 0 Å². The lowest BCUT2D eigenvalue weighted by Gasteiger charge is -2.03. The third-order valence-corrected chi connectivity index (χ3v) is 2.26. The number of alkyl halides is 1. The molecule has 0 heterocycles.